The molecular weight excluding hydrogens is 264 g/mol. The molecular formula is C12H12N4O4. The van der Waals surface area contributed by atoms with Crippen LogP contribution in [0.4, 0.5) is 0 Å². The molecule has 0 bridgehead atoms. The average Bonchev–Trinajstić information content (AvgIpc) is 2.96. The molecule has 0 aromatic carbocycles. The van der Waals surface area contributed by atoms with E-state index in [1.807, 2.05) is 0 Å². The zero-order chi connectivity index (χ0) is 14.5. The van der Waals surface area contributed by atoms with E-state index >= 15 is 0 Å². The van der Waals surface area contributed by atoms with Crippen LogP contribution in [-0.2, 0) is 9.47 Å². The van der Waals surface area contributed by atoms with Crippen molar-refractivity contribution in [2.75, 3.05) is 13.7 Å². The van der Waals surface area contributed by atoms with Crippen LogP contribution in [0, 0.1) is 0 Å². The van der Waals surface area contributed by atoms with Crippen LogP contribution in [-0.4, -0.2) is 45.4 Å². The summed E-state index contributed by atoms with van der Waals surface area (Å²) >= 11 is 0. The van der Waals surface area contributed by atoms with Crippen LogP contribution >= 0.6 is 0 Å². The van der Waals surface area contributed by atoms with Crippen LogP contribution in [0.1, 0.15) is 27.9 Å². The molecule has 0 amide bonds. The Hall–Kier alpha value is -2.77. The lowest BCUT2D eigenvalue weighted by Gasteiger charge is -2.02. The number of hydrogen-bond donors (Lipinski definition) is 0. The van der Waals surface area contributed by atoms with Crippen molar-refractivity contribution in [3.63, 3.8) is 0 Å². The van der Waals surface area contributed by atoms with Gasteiger partial charge in [-0.1, -0.05) is 0 Å². The monoisotopic (exact) mass is 276 g/mol. The number of hydrogen-bond acceptors (Lipinski definition) is 7. The molecule has 0 atom stereocenters. The number of aromatic nitrogens is 4. The first-order valence-electron chi connectivity index (χ1n) is 5.79. The molecule has 0 radical (unpaired) electrons. The summed E-state index contributed by atoms with van der Waals surface area (Å²) < 4.78 is 10.7. The quantitative estimate of drug-likeness (QED) is 0.755. The third kappa shape index (κ3) is 2.79. The normalized spacial score (nSPS) is 10.1. The summed E-state index contributed by atoms with van der Waals surface area (Å²) in [6.07, 6.45) is 2.70. The van der Waals surface area contributed by atoms with Gasteiger partial charge in [0.2, 0.25) is 0 Å². The molecule has 0 aliphatic carbocycles. The molecule has 2 rings (SSSR count). The van der Waals surface area contributed by atoms with Gasteiger partial charge in [0.1, 0.15) is 6.33 Å². The first-order chi connectivity index (χ1) is 9.65. The van der Waals surface area contributed by atoms with Crippen molar-refractivity contribution in [1.82, 2.24) is 19.7 Å². The molecule has 8 heteroatoms. The fourth-order valence-corrected chi connectivity index (χ4v) is 1.42. The highest BCUT2D eigenvalue weighted by Gasteiger charge is 2.13. The average molecular weight is 276 g/mol. The van der Waals surface area contributed by atoms with Gasteiger partial charge in [0.15, 0.2) is 5.82 Å². The van der Waals surface area contributed by atoms with Crippen molar-refractivity contribution in [3.05, 3.63) is 36.0 Å². The SMILES string of the molecule is CCOC(=O)c1ccc(-n2cnc(C(=O)OC)n2)nc1. The van der Waals surface area contributed by atoms with Crippen LogP contribution in [0.15, 0.2) is 24.7 Å². The van der Waals surface area contributed by atoms with E-state index in [4.69, 9.17) is 4.74 Å². The number of ether oxygens (including phenoxy) is 2. The smallest absolute Gasteiger partial charge is 0.377 e. The Morgan fingerprint density at radius 1 is 1.25 bits per heavy atom. The fraction of sp³-hybridized carbons (Fsp3) is 0.250. The molecule has 2 aromatic rings. The minimum Gasteiger partial charge on any atom is -0.463 e. The molecule has 0 aliphatic heterocycles. The molecule has 0 N–H and O–H groups in total. The first kappa shape index (κ1) is 13.7. The number of methoxy groups -OCH3 is 1. The van der Waals surface area contributed by atoms with Crippen molar-refractivity contribution in [1.29, 1.82) is 0 Å². The maximum Gasteiger partial charge on any atom is 0.377 e. The van der Waals surface area contributed by atoms with Crippen LogP contribution in [0.2, 0.25) is 0 Å². The molecule has 2 heterocycles. The molecule has 8 nitrogen and oxygen atoms in total. The summed E-state index contributed by atoms with van der Waals surface area (Å²) in [6, 6.07) is 3.13. The highest BCUT2D eigenvalue weighted by molar-refractivity contribution is 5.89. The van der Waals surface area contributed by atoms with Gasteiger partial charge < -0.3 is 9.47 Å². The van der Waals surface area contributed by atoms with E-state index in [2.05, 4.69) is 19.8 Å². The molecule has 0 saturated heterocycles. The summed E-state index contributed by atoms with van der Waals surface area (Å²) in [5, 5.41) is 3.91. The first-order valence-corrected chi connectivity index (χ1v) is 5.79. The van der Waals surface area contributed by atoms with Crippen molar-refractivity contribution in [2.45, 2.75) is 6.92 Å². The van der Waals surface area contributed by atoms with Crippen LogP contribution in [0.5, 0.6) is 0 Å². The highest BCUT2D eigenvalue weighted by Crippen LogP contribution is 2.06. The topological polar surface area (TPSA) is 96.2 Å². The van der Waals surface area contributed by atoms with Gasteiger partial charge in [-0.15, -0.1) is 5.10 Å². The minimum absolute atomic E-state index is 0.0660. The van der Waals surface area contributed by atoms with Crippen LogP contribution < -0.4 is 0 Å². The summed E-state index contributed by atoms with van der Waals surface area (Å²) in [6.45, 7) is 2.02. The number of esters is 2. The molecule has 0 fully saturated rings. The number of nitrogens with zero attached hydrogens (tertiary/aromatic N) is 4. The van der Waals surface area contributed by atoms with Gasteiger partial charge in [-0.2, -0.15) is 0 Å². The number of pyridine rings is 1. The van der Waals surface area contributed by atoms with Crippen molar-refractivity contribution in [3.8, 4) is 5.82 Å². The Morgan fingerprint density at radius 2 is 2.05 bits per heavy atom. The highest BCUT2D eigenvalue weighted by atomic mass is 16.5. The van der Waals surface area contributed by atoms with E-state index in [-0.39, 0.29) is 5.82 Å². The second kappa shape index (κ2) is 5.91. The third-order valence-electron chi connectivity index (χ3n) is 2.35. The molecule has 2 aromatic heterocycles. The lowest BCUT2D eigenvalue weighted by Crippen LogP contribution is -2.07. The Labute approximate surface area is 114 Å². The Balaban J connectivity index is 2.19. The summed E-state index contributed by atoms with van der Waals surface area (Å²) in [5.74, 6) is -0.725. The Morgan fingerprint density at radius 3 is 2.65 bits per heavy atom. The van der Waals surface area contributed by atoms with E-state index in [1.165, 1.54) is 24.3 Å². The van der Waals surface area contributed by atoms with Gasteiger partial charge in [-0.05, 0) is 19.1 Å². The van der Waals surface area contributed by atoms with Crippen LogP contribution in [0.25, 0.3) is 5.82 Å². The van der Waals surface area contributed by atoms with Crippen molar-refractivity contribution >= 4 is 11.9 Å². The third-order valence-corrected chi connectivity index (χ3v) is 2.35. The fourth-order valence-electron chi connectivity index (χ4n) is 1.42. The lowest BCUT2D eigenvalue weighted by atomic mass is 10.3. The lowest BCUT2D eigenvalue weighted by molar-refractivity contribution is 0.0524. The molecule has 104 valence electrons. The number of carbonyl (C=O) groups excluding carboxylic acids is 2. The van der Waals surface area contributed by atoms with Crippen molar-refractivity contribution < 1.29 is 19.1 Å². The van der Waals surface area contributed by atoms with Crippen molar-refractivity contribution in [2.24, 2.45) is 0 Å². The minimum atomic E-state index is -0.633. The largest absolute Gasteiger partial charge is 0.463 e. The molecule has 0 saturated carbocycles. The maximum atomic E-state index is 11.5. The molecule has 0 aliphatic rings. The standard InChI is InChI=1S/C12H12N4O4/c1-3-20-11(17)8-4-5-9(13-6-8)16-7-14-10(15-16)12(18)19-2/h4-7H,3H2,1-2H3. The second-order valence-electron chi connectivity index (χ2n) is 3.63. The Bertz CT molecular complexity index is 621. The zero-order valence-electron chi connectivity index (χ0n) is 10.9. The van der Waals surface area contributed by atoms with Gasteiger partial charge >= 0.3 is 11.9 Å². The van der Waals surface area contributed by atoms with Gasteiger partial charge in [0.05, 0.1) is 19.3 Å². The second-order valence-corrected chi connectivity index (χ2v) is 3.63. The number of rotatable bonds is 4. The Kier molecular flexibility index (Phi) is 4.04. The van der Waals surface area contributed by atoms with E-state index in [0.717, 1.165) is 0 Å². The van der Waals surface area contributed by atoms with Gasteiger partial charge in [-0.3, -0.25) is 0 Å². The maximum absolute atomic E-state index is 11.5. The summed E-state index contributed by atoms with van der Waals surface area (Å²) in [4.78, 5) is 30.6. The van der Waals surface area contributed by atoms with Gasteiger partial charge in [0.25, 0.3) is 5.82 Å². The molecule has 20 heavy (non-hydrogen) atoms. The van der Waals surface area contributed by atoms with Gasteiger partial charge in [0, 0.05) is 6.20 Å². The number of carbonyl (C=O) groups is 2. The summed E-state index contributed by atoms with van der Waals surface area (Å²) in [5.41, 5.74) is 0.337. The van der Waals surface area contributed by atoms with E-state index in [0.29, 0.717) is 18.0 Å². The summed E-state index contributed by atoms with van der Waals surface area (Å²) in [7, 11) is 1.25. The van der Waals surface area contributed by atoms with Gasteiger partial charge in [-0.25, -0.2) is 24.2 Å². The van der Waals surface area contributed by atoms with Crippen LogP contribution in [0.3, 0.4) is 0 Å². The molecule has 0 spiro atoms. The van der Waals surface area contributed by atoms with E-state index in [9.17, 15) is 9.59 Å². The zero-order valence-corrected chi connectivity index (χ0v) is 10.9. The van der Waals surface area contributed by atoms with E-state index < -0.39 is 11.9 Å². The predicted octanol–water partition coefficient (Wildman–Crippen LogP) is 0.626. The molecule has 0 unspecified atom stereocenters. The predicted molar refractivity (Wildman–Crippen MR) is 66.5 cm³/mol. The van der Waals surface area contributed by atoms with E-state index in [1.54, 1.807) is 19.1 Å².